The van der Waals surface area contributed by atoms with Crippen LogP contribution in [0.1, 0.15) is 36.9 Å². The molecule has 1 atom stereocenters. The van der Waals surface area contributed by atoms with Gasteiger partial charge in [0.05, 0.1) is 11.7 Å². The molecule has 8 heteroatoms. The number of nitrogens with zero attached hydrogens (tertiary/aromatic N) is 3. The van der Waals surface area contributed by atoms with Crippen molar-refractivity contribution in [3.63, 3.8) is 0 Å². The summed E-state index contributed by atoms with van der Waals surface area (Å²) in [4.78, 5) is 21.9. The van der Waals surface area contributed by atoms with E-state index in [4.69, 9.17) is 14.7 Å². The monoisotopic (exact) mass is 468 g/mol. The molecule has 0 spiro atoms. The summed E-state index contributed by atoms with van der Waals surface area (Å²) in [6, 6.07) is 16.2. The van der Waals surface area contributed by atoms with Gasteiger partial charge in [-0.3, -0.25) is 9.89 Å². The molecular weight excluding hydrogens is 440 g/mol. The lowest BCUT2D eigenvalue weighted by molar-refractivity contribution is -0.124. The second kappa shape index (κ2) is 9.37. The van der Waals surface area contributed by atoms with Crippen LogP contribution in [0.5, 0.6) is 5.75 Å². The number of hydrogen-bond donors (Lipinski definition) is 3. The third kappa shape index (κ3) is 4.69. The molecular formula is C27H28N6O2. The molecule has 6 rings (SSSR count). The van der Waals surface area contributed by atoms with E-state index in [-0.39, 0.29) is 18.6 Å². The Hall–Kier alpha value is -3.94. The Morgan fingerprint density at radius 1 is 1.06 bits per heavy atom. The number of aromatic nitrogens is 4. The van der Waals surface area contributed by atoms with E-state index in [1.165, 1.54) is 17.7 Å². The maximum absolute atomic E-state index is 12.1. The Balaban J connectivity index is 1.23. The molecule has 2 heterocycles. The molecule has 2 aromatic carbocycles. The largest absolute Gasteiger partial charge is 0.484 e. The van der Waals surface area contributed by atoms with E-state index in [0.717, 1.165) is 54.4 Å². The predicted octanol–water partition coefficient (Wildman–Crippen LogP) is 4.04. The minimum absolute atomic E-state index is 0.00299. The number of carbonyl (C=O) groups excluding carboxylic acids is 1. The van der Waals surface area contributed by atoms with Gasteiger partial charge in [-0.05, 0) is 68.4 Å². The Labute approximate surface area is 203 Å². The van der Waals surface area contributed by atoms with Crippen LogP contribution < -0.4 is 15.4 Å². The van der Waals surface area contributed by atoms with Crippen LogP contribution in [0.4, 0.5) is 5.82 Å². The van der Waals surface area contributed by atoms with E-state index in [1.807, 2.05) is 54.7 Å². The zero-order valence-corrected chi connectivity index (χ0v) is 19.5. The van der Waals surface area contributed by atoms with Gasteiger partial charge in [0, 0.05) is 28.7 Å². The number of amides is 1. The number of anilines is 1. The fraction of sp³-hybridized carbons (Fsp3) is 0.333. The molecule has 2 aromatic heterocycles. The molecule has 1 saturated carbocycles. The standard InChI is InChI=1S/C27H28N6O2/c34-25(29-19-6-4-7-19)16-35-21-8-3-5-17(14-21)26-31-24-10-2-1-9-22(24)27(32-26)30-20-11-12-23-18(13-20)15-28-33-23/h1-3,5,8-10,14-15,19-20H,4,6-7,11-13,16H2,(H,28,33)(H,29,34)(H,30,31,32). The summed E-state index contributed by atoms with van der Waals surface area (Å²) in [6.45, 7) is 0.00299. The number of fused-ring (bicyclic) bond motifs is 2. The number of carbonyl (C=O) groups is 1. The van der Waals surface area contributed by atoms with Crippen LogP contribution in [0.3, 0.4) is 0 Å². The summed E-state index contributed by atoms with van der Waals surface area (Å²) in [6.07, 6.45) is 8.10. The van der Waals surface area contributed by atoms with Crippen molar-refractivity contribution in [3.8, 4) is 17.1 Å². The van der Waals surface area contributed by atoms with E-state index < -0.39 is 0 Å². The van der Waals surface area contributed by atoms with Gasteiger partial charge in [0.25, 0.3) is 5.91 Å². The Bertz CT molecular complexity index is 1360. The van der Waals surface area contributed by atoms with Gasteiger partial charge in [0.1, 0.15) is 11.6 Å². The first-order valence-electron chi connectivity index (χ1n) is 12.3. The molecule has 3 N–H and O–H groups in total. The Kier molecular flexibility index (Phi) is 5.78. The third-order valence-corrected chi connectivity index (χ3v) is 6.89. The maximum Gasteiger partial charge on any atom is 0.258 e. The van der Waals surface area contributed by atoms with Crippen LogP contribution in [0.25, 0.3) is 22.3 Å². The number of nitrogens with one attached hydrogen (secondary N) is 3. The number of H-pyrrole nitrogens is 1. The summed E-state index contributed by atoms with van der Waals surface area (Å²) < 4.78 is 5.77. The van der Waals surface area contributed by atoms with Crippen LogP contribution in [0.2, 0.25) is 0 Å². The zero-order chi connectivity index (χ0) is 23.6. The average Bonchev–Trinajstić information content (AvgIpc) is 3.33. The summed E-state index contributed by atoms with van der Waals surface area (Å²) in [5.74, 6) is 1.99. The highest BCUT2D eigenvalue weighted by molar-refractivity contribution is 5.90. The molecule has 178 valence electrons. The van der Waals surface area contributed by atoms with E-state index >= 15 is 0 Å². The first kappa shape index (κ1) is 21.6. The third-order valence-electron chi connectivity index (χ3n) is 6.89. The topological polar surface area (TPSA) is 105 Å². The summed E-state index contributed by atoms with van der Waals surface area (Å²) >= 11 is 0. The van der Waals surface area contributed by atoms with Crippen molar-refractivity contribution in [3.05, 3.63) is 66.0 Å². The van der Waals surface area contributed by atoms with E-state index in [0.29, 0.717) is 17.6 Å². The molecule has 35 heavy (non-hydrogen) atoms. The first-order chi connectivity index (χ1) is 17.2. The van der Waals surface area contributed by atoms with Crippen LogP contribution in [0.15, 0.2) is 54.7 Å². The van der Waals surface area contributed by atoms with Gasteiger partial charge in [0.2, 0.25) is 0 Å². The number of rotatable bonds is 7. The molecule has 4 aromatic rings. The van der Waals surface area contributed by atoms with Crippen molar-refractivity contribution >= 4 is 22.6 Å². The number of hydrogen-bond acceptors (Lipinski definition) is 6. The van der Waals surface area contributed by atoms with Crippen molar-refractivity contribution in [2.24, 2.45) is 0 Å². The van der Waals surface area contributed by atoms with Crippen molar-refractivity contribution in [2.75, 3.05) is 11.9 Å². The molecule has 1 amide bonds. The highest BCUT2D eigenvalue weighted by Crippen LogP contribution is 2.29. The second-order valence-electron chi connectivity index (χ2n) is 9.38. The highest BCUT2D eigenvalue weighted by Gasteiger charge is 2.22. The van der Waals surface area contributed by atoms with Crippen LogP contribution >= 0.6 is 0 Å². The quantitative estimate of drug-likeness (QED) is 0.378. The molecule has 1 unspecified atom stereocenters. The normalized spacial score (nSPS) is 17.4. The Morgan fingerprint density at radius 3 is 2.86 bits per heavy atom. The van der Waals surface area contributed by atoms with Gasteiger partial charge >= 0.3 is 0 Å². The summed E-state index contributed by atoms with van der Waals surface area (Å²) in [5.41, 5.74) is 4.22. The molecule has 8 nitrogen and oxygen atoms in total. The van der Waals surface area contributed by atoms with Gasteiger partial charge in [0.15, 0.2) is 12.4 Å². The number of para-hydroxylation sites is 1. The van der Waals surface area contributed by atoms with E-state index in [9.17, 15) is 4.79 Å². The second-order valence-corrected chi connectivity index (χ2v) is 9.38. The van der Waals surface area contributed by atoms with Gasteiger partial charge < -0.3 is 15.4 Å². The minimum atomic E-state index is -0.0817. The lowest BCUT2D eigenvalue weighted by Gasteiger charge is -2.26. The predicted molar refractivity (Wildman–Crippen MR) is 134 cm³/mol. The lowest BCUT2D eigenvalue weighted by Crippen LogP contribution is -2.41. The van der Waals surface area contributed by atoms with Gasteiger partial charge in [-0.15, -0.1) is 0 Å². The number of ether oxygens (including phenoxy) is 1. The van der Waals surface area contributed by atoms with Gasteiger partial charge in [-0.2, -0.15) is 5.10 Å². The molecule has 2 aliphatic rings. The number of aromatic amines is 1. The Morgan fingerprint density at radius 2 is 1.97 bits per heavy atom. The fourth-order valence-electron chi connectivity index (χ4n) is 4.74. The SMILES string of the molecule is O=C(COc1cccc(-c2nc(NC3CCc4[nH]ncc4C3)c3ccccc3n2)c1)NC1CCC1. The zero-order valence-electron chi connectivity index (χ0n) is 19.5. The van der Waals surface area contributed by atoms with Crippen molar-refractivity contribution < 1.29 is 9.53 Å². The highest BCUT2D eigenvalue weighted by atomic mass is 16.5. The molecule has 0 bridgehead atoms. The maximum atomic E-state index is 12.1. The molecule has 2 aliphatic carbocycles. The number of benzene rings is 2. The fourth-order valence-corrected chi connectivity index (χ4v) is 4.74. The smallest absolute Gasteiger partial charge is 0.258 e. The van der Waals surface area contributed by atoms with Crippen LogP contribution in [-0.4, -0.2) is 44.8 Å². The lowest BCUT2D eigenvalue weighted by atomic mass is 9.93. The summed E-state index contributed by atoms with van der Waals surface area (Å²) in [5, 5.41) is 15.0. The summed E-state index contributed by atoms with van der Waals surface area (Å²) in [7, 11) is 0. The molecule has 0 saturated heterocycles. The molecule has 0 radical (unpaired) electrons. The van der Waals surface area contributed by atoms with E-state index in [2.05, 4.69) is 20.8 Å². The van der Waals surface area contributed by atoms with Crippen LogP contribution in [0, 0.1) is 0 Å². The van der Waals surface area contributed by atoms with Crippen molar-refractivity contribution in [2.45, 2.75) is 50.6 Å². The van der Waals surface area contributed by atoms with Crippen LogP contribution in [-0.2, 0) is 17.6 Å². The minimum Gasteiger partial charge on any atom is -0.484 e. The molecule has 0 aliphatic heterocycles. The van der Waals surface area contributed by atoms with Gasteiger partial charge in [-0.1, -0.05) is 24.3 Å². The van der Waals surface area contributed by atoms with Crippen molar-refractivity contribution in [1.29, 1.82) is 0 Å². The van der Waals surface area contributed by atoms with E-state index in [1.54, 1.807) is 0 Å². The van der Waals surface area contributed by atoms with Gasteiger partial charge in [-0.25, -0.2) is 9.97 Å². The first-order valence-corrected chi connectivity index (χ1v) is 12.3. The van der Waals surface area contributed by atoms with Crippen molar-refractivity contribution in [1.82, 2.24) is 25.5 Å². The average molecular weight is 469 g/mol. The molecule has 1 fully saturated rings. The number of aryl methyl sites for hydroxylation is 1.